The van der Waals surface area contributed by atoms with Gasteiger partial charge in [0.2, 0.25) is 5.91 Å². The molecular formula is C22H19F5N2O6. The van der Waals surface area contributed by atoms with Crippen LogP contribution in [-0.2, 0) is 20.5 Å². The summed E-state index contributed by atoms with van der Waals surface area (Å²) in [5, 5.41) is 11.6. The zero-order chi connectivity index (χ0) is 25.8. The third kappa shape index (κ3) is 6.88. The molecule has 2 aromatic carbocycles. The zero-order valence-electron chi connectivity index (χ0n) is 17.8. The van der Waals surface area contributed by atoms with Crippen LogP contribution in [0.2, 0.25) is 0 Å². The Balaban J connectivity index is 1.54. The van der Waals surface area contributed by atoms with Crippen LogP contribution in [0.15, 0.2) is 48.5 Å². The van der Waals surface area contributed by atoms with Crippen LogP contribution in [0.1, 0.15) is 22.3 Å². The number of aliphatic carboxylic acids is 1. The minimum atomic E-state index is -4.47. The van der Waals surface area contributed by atoms with Gasteiger partial charge in [0.1, 0.15) is 17.5 Å². The molecule has 2 N–H and O–H groups in total. The van der Waals surface area contributed by atoms with Gasteiger partial charge in [0.25, 0.3) is 5.91 Å². The number of nitrogens with zero attached hydrogens (tertiary/aromatic N) is 1. The van der Waals surface area contributed by atoms with Crippen LogP contribution >= 0.6 is 0 Å². The van der Waals surface area contributed by atoms with Gasteiger partial charge >= 0.3 is 18.8 Å². The maximum Gasteiger partial charge on any atom is 0.416 e. The van der Waals surface area contributed by atoms with Crippen molar-refractivity contribution in [2.75, 3.05) is 13.1 Å². The normalized spacial score (nSPS) is 17.9. The van der Waals surface area contributed by atoms with Gasteiger partial charge in [-0.05, 0) is 48.5 Å². The molecule has 13 heteroatoms. The van der Waals surface area contributed by atoms with Crippen LogP contribution < -0.4 is 10.1 Å². The summed E-state index contributed by atoms with van der Waals surface area (Å²) in [7, 11) is 0. The predicted octanol–water partition coefficient (Wildman–Crippen LogP) is 3.52. The number of likely N-dealkylation sites (tertiary alicyclic amines) is 1. The van der Waals surface area contributed by atoms with E-state index in [9.17, 15) is 41.4 Å². The monoisotopic (exact) mass is 502 g/mol. The maximum atomic E-state index is 12.6. The highest BCUT2D eigenvalue weighted by molar-refractivity contribution is 5.97. The van der Waals surface area contributed by atoms with Gasteiger partial charge in [0, 0.05) is 18.5 Å². The number of hydrogen-bond donors (Lipinski definition) is 2. The Labute approximate surface area is 195 Å². The van der Waals surface area contributed by atoms with E-state index >= 15 is 0 Å². The maximum absolute atomic E-state index is 12.6. The van der Waals surface area contributed by atoms with E-state index in [0.29, 0.717) is 0 Å². The van der Waals surface area contributed by atoms with Crippen molar-refractivity contribution in [3.8, 4) is 11.5 Å². The van der Waals surface area contributed by atoms with E-state index in [1.165, 1.54) is 24.3 Å². The number of carbonyl (C=O) groups is 3. The average molecular weight is 502 g/mol. The van der Waals surface area contributed by atoms with Crippen molar-refractivity contribution in [1.29, 1.82) is 0 Å². The molecule has 0 bridgehead atoms. The zero-order valence-corrected chi connectivity index (χ0v) is 17.8. The van der Waals surface area contributed by atoms with Gasteiger partial charge in [-0.25, -0.2) is 4.79 Å². The number of benzene rings is 2. The number of nitrogens with one attached hydrogen (secondary N) is 1. The summed E-state index contributed by atoms with van der Waals surface area (Å²) in [5.74, 6) is -2.45. The molecule has 2 amide bonds. The number of ether oxygens (including phenoxy) is 2. The van der Waals surface area contributed by atoms with Gasteiger partial charge in [0.05, 0.1) is 18.2 Å². The molecule has 0 aliphatic carbocycles. The molecule has 1 fully saturated rings. The topological polar surface area (TPSA) is 105 Å². The summed E-state index contributed by atoms with van der Waals surface area (Å²) < 4.78 is 72.4. The van der Waals surface area contributed by atoms with Crippen LogP contribution in [0, 0.1) is 0 Å². The SMILES string of the molecule is O=C(NCC(=O)N1CC(OC(F)F)CC1C(=O)O)c1ccc(Oc2ccc(C(F)(F)F)cc2)cc1. The van der Waals surface area contributed by atoms with E-state index in [1.807, 2.05) is 0 Å². The molecule has 1 saturated heterocycles. The van der Waals surface area contributed by atoms with E-state index < -0.39 is 54.8 Å². The number of carboxylic acid groups (broad SMARTS) is 1. The average Bonchev–Trinajstić information content (AvgIpc) is 3.21. The molecule has 8 nitrogen and oxygen atoms in total. The third-order valence-corrected chi connectivity index (χ3v) is 5.10. The van der Waals surface area contributed by atoms with E-state index in [1.54, 1.807) is 0 Å². The largest absolute Gasteiger partial charge is 0.480 e. The highest BCUT2D eigenvalue weighted by atomic mass is 19.4. The number of amides is 2. The lowest BCUT2D eigenvalue weighted by Crippen LogP contribution is -2.45. The van der Waals surface area contributed by atoms with Crippen LogP contribution in [0.4, 0.5) is 22.0 Å². The molecule has 3 rings (SSSR count). The summed E-state index contributed by atoms with van der Waals surface area (Å²) in [6.07, 6.45) is -5.92. The Hall–Kier alpha value is -3.74. The molecule has 0 aromatic heterocycles. The first-order chi connectivity index (χ1) is 16.4. The quantitative estimate of drug-likeness (QED) is 0.536. The number of carbonyl (C=O) groups excluding carboxylic acids is 2. The first-order valence-corrected chi connectivity index (χ1v) is 10.1. The molecule has 35 heavy (non-hydrogen) atoms. The number of rotatable bonds is 8. The van der Waals surface area contributed by atoms with Crippen molar-refractivity contribution >= 4 is 17.8 Å². The third-order valence-electron chi connectivity index (χ3n) is 5.10. The second kappa shape index (κ2) is 10.7. The fraction of sp³-hybridized carbons (Fsp3) is 0.318. The Bertz CT molecular complexity index is 1060. The van der Waals surface area contributed by atoms with Gasteiger partial charge < -0.3 is 24.8 Å². The molecule has 188 valence electrons. The predicted molar refractivity (Wildman–Crippen MR) is 109 cm³/mol. The van der Waals surface area contributed by atoms with Crippen molar-refractivity contribution in [3.05, 3.63) is 59.7 Å². The smallest absolute Gasteiger partial charge is 0.416 e. The number of halogens is 5. The Kier molecular flexibility index (Phi) is 7.89. The molecular weight excluding hydrogens is 483 g/mol. The lowest BCUT2D eigenvalue weighted by Gasteiger charge is -2.21. The molecule has 1 heterocycles. The standard InChI is InChI=1S/C22H19F5N2O6/c23-21(24)35-16-9-17(20(32)33)29(11-16)18(30)10-28-19(31)12-1-5-14(6-2-12)34-15-7-3-13(4-8-15)22(25,26)27/h1-8,16-17,21H,9-11H2,(H,28,31)(H,32,33). The Morgan fingerprint density at radius 3 is 2.11 bits per heavy atom. The van der Waals surface area contributed by atoms with Gasteiger partial charge in [-0.2, -0.15) is 22.0 Å². The number of hydrogen-bond acceptors (Lipinski definition) is 5. The minimum Gasteiger partial charge on any atom is -0.480 e. The highest BCUT2D eigenvalue weighted by Crippen LogP contribution is 2.31. The number of carboxylic acids is 1. The lowest BCUT2D eigenvalue weighted by atomic mass is 10.2. The summed E-state index contributed by atoms with van der Waals surface area (Å²) in [5.41, 5.74) is -0.709. The Morgan fingerprint density at radius 1 is 1.03 bits per heavy atom. The van der Waals surface area contributed by atoms with Crippen molar-refractivity contribution in [1.82, 2.24) is 10.2 Å². The summed E-state index contributed by atoms with van der Waals surface area (Å²) in [6.45, 7) is -4.05. The molecule has 2 unspecified atom stereocenters. The van der Waals surface area contributed by atoms with Crippen molar-refractivity contribution in [2.45, 2.75) is 31.4 Å². The van der Waals surface area contributed by atoms with E-state index in [-0.39, 0.29) is 30.0 Å². The molecule has 2 atom stereocenters. The van der Waals surface area contributed by atoms with Crippen molar-refractivity contribution in [3.63, 3.8) is 0 Å². The highest BCUT2D eigenvalue weighted by Gasteiger charge is 2.41. The van der Waals surface area contributed by atoms with Gasteiger partial charge in [-0.1, -0.05) is 0 Å². The first-order valence-electron chi connectivity index (χ1n) is 10.1. The second-order valence-corrected chi connectivity index (χ2v) is 7.49. The summed E-state index contributed by atoms with van der Waals surface area (Å²) in [6, 6.07) is 8.15. The van der Waals surface area contributed by atoms with Crippen LogP contribution in [0.5, 0.6) is 11.5 Å². The molecule has 0 radical (unpaired) electrons. The van der Waals surface area contributed by atoms with E-state index in [0.717, 1.165) is 29.2 Å². The van der Waals surface area contributed by atoms with E-state index in [2.05, 4.69) is 10.1 Å². The fourth-order valence-corrected chi connectivity index (χ4v) is 3.43. The van der Waals surface area contributed by atoms with Crippen LogP contribution in [0.3, 0.4) is 0 Å². The summed E-state index contributed by atoms with van der Waals surface area (Å²) >= 11 is 0. The van der Waals surface area contributed by atoms with Crippen molar-refractivity contribution in [2.24, 2.45) is 0 Å². The van der Waals surface area contributed by atoms with Crippen LogP contribution in [-0.4, -0.2) is 59.6 Å². The molecule has 1 aliphatic rings. The molecule has 0 spiro atoms. The second-order valence-electron chi connectivity index (χ2n) is 7.49. The van der Waals surface area contributed by atoms with E-state index in [4.69, 9.17) is 4.74 Å². The first kappa shape index (κ1) is 25.9. The fourth-order valence-electron chi connectivity index (χ4n) is 3.43. The minimum absolute atomic E-state index is 0.118. The van der Waals surface area contributed by atoms with Crippen molar-refractivity contribution < 1.29 is 50.9 Å². The van der Waals surface area contributed by atoms with Gasteiger partial charge in [0.15, 0.2) is 0 Å². The summed E-state index contributed by atoms with van der Waals surface area (Å²) in [4.78, 5) is 36.9. The lowest BCUT2D eigenvalue weighted by molar-refractivity contribution is -0.160. The van der Waals surface area contributed by atoms with Gasteiger partial charge in [-0.3, -0.25) is 9.59 Å². The molecule has 0 saturated carbocycles. The number of alkyl halides is 5. The van der Waals surface area contributed by atoms with Gasteiger partial charge in [-0.15, -0.1) is 0 Å². The molecule has 2 aromatic rings. The Morgan fingerprint density at radius 2 is 1.60 bits per heavy atom. The molecule has 1 aliphatic heterocycles. The van der Waals surface area contributed by atoms with Crippen LogP contribution in [0.25, 0.3) is 0 Å².